The Labute approximate surface area is 76.7 Å². The maximum atomic E-state index is 10.6. The van der Waals surface area contributed by atoms with Crippen LogP contribution in [0.25, 0.3) is 0 Å². The monoisotopic (exact) mass is 180 g/mol. The number of carbonyl (C=O) groups is 1. The molecule has 1 aromatic heterocycles. The normalized spacial score (nSPS) is 12.5. The molecule has 1 rings (SSSR count). The highest BCUT2D eigenvalue weighted by atomic mass is 16.4. The van der Waals surface area contributed by atoms with Gasteiger partial charge in [0.1, 0.15) is 6.33 Å². The van der Waals surface area contributed by atoms with E-state index in [0.29, 0.717) is 0 Å². The third kappa shape index (κ3) is 2.24. The lowest BCUT2D eigenvalue weighted by molar-refractivity contribution is 0.0690. The molecule has 0 radical (unpaired) electrons. The highest BCUT2D eigenvalue weighted by molar-refractivity contribution is 5.85. The second-order valence-electron chi connectivity index (χ2n) is 2.94. The largest absolute Gasteiger partial charge is 0.477 e. The van der Waals surface area contributed by atoms with E-state index >= 15 is 0 Å². The molecule has 0 bridgehead atoms. The lowest BCUT2D eigenvalue weighted by atomic mass is 10.0. The number of carboxylic acid groups (broad SMARTS) is 1. The Morgan fingerprint density at radius 1 is 1.62 bits per heavy atom. The third-order valence-electron chi connectivity index (χ3n) is 2.02. The Kier molecular flexibility index (Phi) is 2.95. The Morgan fingerprint density at radius 2 is 2.31 bits per heavy atom. The standard InChI is InChI=1S/C9H12N2O2/c1-3-6(2)7-4-8(9(12)13)11-5-10-7/h4-6H,3H2,1-2H3,(H,12,13). The van der Waals surface area contributed by atoms with Crippen LogP contribution in [0.4, 0.5) is 0 Å². The van der Waals surface area contributed by atoms with Crippen molar-refractivity contribution in [3.05, 3.63) is 23.8 Å². The minimum absolute atomic E-state index is 0.0605. The van der Waals surface area contributed by atoms with Crippen LogP contribution in [0.5, 0.6) is 0 Å². The molecular formula is C9H12N2O2. The summed E-state index contributed by atoms with van der Waals surface area (Å²) < 4.78 is 0. The van der Waals surface area contributed by atoms with E-state index in [9.17, 15) is 4.79 Å². The molecule has 1 N–H and O–H groups in total. The minimum Gasteiger partial charge on any atom is -0.477 e. The molecule has 1 heterocycles. The van der Waals surface area contributed by atoms with Crippen molar-refractivity contribution in [3.63, 3.8) is 0 Å². The van der Waals surface area contributed by atoms with Crippen LogP contribution >= 0.6 is 0 Å². The molecule has 70 valence electrons. The van der Waals surface area contributed by atoms with Crippen LogP contribution in [0.15, 0.2) is 12.4 Å². The average Bonchev–Trinajstić information content (AvgIpc) is 2.17. The van der Waals surface area contributed by atoms with Gasteiger partial charge in [0.15, 0.2) is 5.69 Å². The Hall–Kier alpha value is -1.45. The first-order valence-corrected chi connectivity index (χ1v) is 4.20. The van der Waals surface area contributed by atoms with Gasteiger partial charge in [-0.2, -0.15) is 0 Å². The molecule has 0 aliphatic heterocycles. The van der Waals surface area contributed by atoms with Gasteiger partial charge in [0.2, 0.25) is 0 Å². The van der Waals surface area contributed by atoms with Gasteiger partial charge in [0.05, 0.1) is 0 Å². The number of hydrogen-bond donors (Lipinski definition) is 1. The van der Waals surface area contributed by atoms with E-state index in [4.69, 9.17) is 5.11 Å². The number of carboxylic acids is 1. The predicted molar refractivity (Wildman–Crippen MR) is 47.7 cm³/mol. The van der Waals surface area contributed by atoms with Crippen molar-refractivity contribution in [1.29, 1.82) is 0 Å². The van der Waals surface area contributed by atoms with Gasteiger partial charge in [0, 0.05) is 5.69 Å². The van der Waals surface area contributed by atoms with Gasteiger partial charge in [-0.25, -0.2) is 14.8 Å². The smallest absolute Gasteiger partial charge is 0.354 e. The number of aromatic nitrogens is 2. The minimum atomic E-state index is -1.01. The van der Waals surface area contributed by atoms with Crippen LogP contribution in [0.2, 0.25) is 0 Å². The first kappa shape index (κ1) is 9.64. The average molecular weight is 180 g/mol. The summed E-state index contributed by atoms with van der Waals surface area (Å²) in [5, 5.41) is 8.67. The molecule has 0 saturated heterocycles. The first-order chi connectivity index (χ1) is 6.15. The van der Waals surface area contributed by atoms with Crippen LogP contribution < -0.4 is 0 Å². The molecule has 1 atom stereocenters. The summed E-state index contributed by atoms with van der Waals surface area (Å²) in [6, 6.07) is 1.52. The lowest BCUT2D eigenvalue weighted by Crippen LogP contribution is -2.04. The Morgan fingerprint density at radius 3 is 2.85 bits per heavy atom. The first-order valence-electron chi connectivity index (χ1n) is 4.20. The molecule has 0 saturated carbocycles. The molecule has 0 aliphatic rings. The maximum absolute atomic E-state index is 10.6. The van der Waals surface area contributed by atoms with Crippen molar-refractivity contribution < 1.29 is 9.90 Å². The van der Waals surface area contributed by atoms with E-state index in [1.807, 2.05) is 13.8 Å². The molecule has 0 aliphatic carbocycles. The zero-order valence-corrected chi connectivity index (χ0v) is 7.69. The number of aromatic carboxylic acids is 1. The van der Waals surface area contributed by atoms with Gasteiger partial charge in [0.25, 0.3) is 0 Å². The molecular weight excluding hydrogens is 168 g/mol. The van der Waals surface area contributed by atoms with Crippen LogP contribution in [0, 0.1) is 0 Å². The second kappa shape index (κ2) is 3.98. The molecule has 0 fully saturated rings. The van der Waals surface area contributed by atoms with Crippen LogP contribution in [-0.4, -0.2) is 21.0 Å². The fraction of sp³-hybridized carbons (Fsp3) is 0.444. The molecule has 0 aromatic carbocycles. The van der Waals surface area contributed by atoms with Gasteiger partial charge in [-0.1, -0.05) is 13.8 Å². The van der Waals surface area contributed by atoms with Crippen molar-refractivity contribution in [2.24, 2.45) is 0 Å². The van der Waals surface area contributed by atoms with Gasteiger partial charge >= 0.3 is 5.97 Å². The van der Waals surface area contributed by atoms with Crippen molar-refractivity contribution >= 4 is 5.97 Å². The SMILES string of the molecule is CCC(C)c1cc(C(=O)O)ncn1. The summed E-state index contributed by atoms with van der Waals surface area (Å²) in [5.74, 6) is -0.729. The zero-order chi connectivity index (χ0) is 9.84. The fourth-order valence-corrected chi connectivity index (χ4v) is 0.968. The predicted octanol–water partition coefficient (Wildman–Crippen LogP) is 1.69. The van der Waals surface area contributed by atoms with E-state index in [-0.39, 0.29) is 11.6 Å². The summed E-state index contributed by atoms with van der Waals surface area (Å²) >= 11 is 0. The lowest BCUT2D eigenvalue weighted by Gasteiger charge is -2.06. The molecule has 1 aromatic rings. The van der Waals surface area contributed by atoms with Crippen LogP contribution in [0.1, 0.15) is 42.4 Å². The summed E-state index contributed by atoms with van der Waals surface area (Å²) in [6.07, 6.45) is 2.24. The summed E-state index contributed by atoms with van der Waals surface area (Å²) in [4.78, 5) is 18.2. The highest BCUT2D eigenvalue weighted by Gasteiger charge is 2.09. The zero-order valence-electron chi connectivity index (χ0n) is 7.69. The number of rotatable bonds is 3. The van der Waals surface area contributed by atoms with Gasteiger partial charge < -0.3 is 5.11 Å². The highest BCUT2D eigenvalue weighted by Crippen LogP contribution is 2.15. The van der Waals surface area contributed by atoms with E-state index in [1.165, 1.54) is 12.4 Å². The quantitative estimate of drug-likeness (QED) is 0.768. The van der Waals surface area contributed by atoms with E-state index in [0.717, 1.165) is 12.1 Å². The van der Waals surface area contributed by atoms with Crippen LogP contribution in [0.3, 0.4) is 0 Å². The number of hydrogen-bond acceptors (Lipinski definition) is 3. The number of nitrogens with zero attached hydrogens (tertiary/aromatic N) is 2. The summed E-state index contributed by atoms with van der Waals surface area (Å²) in [7, 11) is 0. The van der Waals surface area contributed by atoms with Gasteiger partial charge in [-0.05, 0) is 18.4 Å². The second-order valence-corrected chi connectivity index (χ2v) is 2.94. The fourth-order valence-electron chi connectivity index (χ4n) is 0.968. The van der Waals surface area contributed by atoms with Crippen molar-refractivity contribution in [2.75, 3.05) is 0 Å². The van der Waals surface area contributed by atoms with Gasteiger partial charge in [-0.15, -0.1) is 0 Å². The summed E-state index contributed by atoms with van der Waals surface area (Å²) in [5.41, 5.74) is 0.847. The van der Waals surface area contributed by atoms with Crippen LogP contribution in [-0.2, 0) is 0 Å². The van der Waals surface area contributed by atoms with Crippen molar-refractivity contribution in [1.82, 2.24) is 9.97 Å². The molecule has 13 heavy (non-hydrogen) atoms. The van der Waals surface area contributed by atoms with E-state index in [1.54, 1.807) is 0 Å². The molecule has 1 unspecified atom stereocenters. The third-order valence-corrected chi connectivity index (χ3v) is 2.02. The van der Waals surface area contributed by atoms with E-state index < -0.39 is 5.97 Å². The van der Waals surface area contributed by atoms with E-state index in [2.05, 4.69) is 9.97 Å². The van der Waals surface area contributed by atoms with Crippen molar-refractivity contribution in [2.45, 2.75) is 26.2 Å². The topological polar surface area (TPSA) is 63.1 Å². The Balaban J connectivity index is 2.98. The maximum Gasteiger partial charge on any atom is 0.354 e. The molecule has 0 spiro atoms. The Bertz CT molecular complexity index is 312. The molecule has 0 amide bonds. The summed E-state index contributed by atoms with van der Waals surface area (Å²) in [6.45, 7) is 4.04. The van der Waals surface area contributed by atoms with Crippen molar-refractivity contribution in [3.8, 4) is 0 Å². The molecule has 4 nitrogen and oxygen atoms in total. The molecule has 4 heteroatoms. The van der Waals surface area contributed by atoms with Gasteiger partial charge in [-0.3, -0.25) is 0 Å².